The number of ketones is 1. The van der Waals surface area contributed by atoms with E-state index in [1.807, 2.05) is 83.2 Å². The summed E-state index contributed by atoms with van der Waals surface area (Å²) in [5.74, 6) is 0.760. The summed E-state index contributed by atoms with van der Waals surface area (Å²) in [5.41, 5.74) is 4.89. The fraction of sp³-hybridized carbons (Fsp3) is 0.320. The van der Waals surface area contributed by atoms with Crippen molar-refractivity contribution >= 4 is 17.1 Å². The second kappa shape index (κ2) is 8.16. The van der Waals surface area contributed by atoms with Crippen molar-refractivity contribution in [1.82, 2.24) is 5.16 Å². The van der Waals surface area contributed by atoms with Gasteiger partial charge in [0.15, 0.2) is 5.76 Å². The van der Waals surface area contributed by atoms with Crippen LogP contribution in [0.3, 0.4) is 0 Å². The van der Waals surface area contributed by atoms with Crippen LogP contribution in [-0.4, -0.2) is 16.7 Å². The van der Waals surface area contributed by atoms with E-state index in [1.165, 1.54) is 0 Å². The van der Waals surface area contributed by atoms with Gasteiger partial charge in [-0.2, -0.15) is 0 Å². The van der Waals surface area contributed by atoms with Gasteiger partial charge in [-0.05, 0) is 19.4 Å². The lowest BCUT2D eigenvalue weighted by molar-refractivity contribution is -0.126. The largest absolute Gasteiger partial charge is 0.358 e. The van der Waals surface area contributed by atoms with Crippen molar-refractivity contribution in [2.45, 2.75) is 47.1 Å². The second-order valence-electron chi connectivity index (χ2n) is 8.28. The van der Waals surface area contributed by atoms with Crippen LogP contribution in [0, 0.1) is 12.3 Å². The van der Waals surface area contributed by atoms with Crippen molar-refractivity contribution in [2.24, 2.45) is 10.4 Å². The van der Waals surface area contributed by atoms with Crippen LogP contribution < -0.4 is 0 Å². The third-order valence-electron chi connectivity index (χ3n) is 5.09. The Kier molecular flexibility index (Phi) is 5.83. The molecule has 0 spiro atoms. The second-order valence-corrected chi connectivity index (χ2v) is 8.28. The number of aromatic nitrogens is 1. The van der Waals surface area contributed by atoms with Gasteiger partial charge in [0.25, 0.3) is 0 Å². The average molecular weight is 389 g/mol. The van der Waals surface area contributed by atoms with Gasteiger partial charge in [0.05, 0.1) is 17.0 Å². The molecule has 29 heavy (non-hydrogen) atoms. The molecule has 150 valence electrons. The lowest BCUT2D eigenvalue weighted by Gasteiger charge is -2.19. The molecule has 0 amide bonds. The molecule has 0 N–H and O–H groups in total. The van der Waals surface area contributed by atoms with Gasteiger partial charge in [-0.3, -0.25) is 9.79 Å². The highest BCUT2D eigenvalue weighted by Gasteiger charge is 2.33. The van der Waals surface area contributed by atoms with Crippen LogP contribution in [0.25, 0.3) is 5.57 Å². The summed E-state index contributed by atoms with van der Waals surface area (Å²) in [5, 5.41) is 4.19. The van der Waals surface area contributed by atoms with Crippen LogP contribution in [0.2, 0.25) is 0 Å². The molecule has 2 aromatic rings. The summed E-state index contributed by atoms with van der Waals surface area (Å²) in [7, 11) is 0. The van der Waals surface area contributed by atoms with Crippen molar-refractivity contribution in [3.63, 3.8) is 0 Å². The van der Waals surface area contributed by atoms with Crippen LogP contribution in [0.15, 0.2) is 70.2 Å². The summed E-state index contributed by atoms with van der Waals surface area (Å²) in [6.45, 7) is 13.7. The number of benzene rings is 1. The monoisotopic (exact) mass is 388 g/mol. The summed E-state index contributed by atoms with van der Waals surface area (Å²) in [6, 6.07) is 9.58. The molecule has 1 aromatic heterocycles. The number of hydrogen-bond acceptors (Lipinski definition) is 4. The number of nitrogens with zero attached hydrogens (tertiary/aromatic N) is 2. The molecule has 0 aliphatic carbocycles. The first-order valence-corrected chi connectivity index (χ1v) is 9.90. The molecule has 2 heterocycles. The predicted molar refractivity (Wildman–Crippen MR) is 118 cm³/mol. The van der Waals surface area contributed by atoms with E-state index >= 15 is 0 Å². The SMILES string of the molecule is C=CC1=C(/C=C\C)C(c2ccccc2)=N[C@@H](CC(=O)C(C)(C)C)c2onc(C)c21. The molecule has 1 atom stereocenters. The number of carbonyl (C=O) groups is 1. The average Bonchev–Trinajstić information content (AvgIpc) is 3.00. The minimum atomic E-state index is -0.454. The van der Waals surface area contributed by atoms with E-state index in [1.54, 1.807) is 0 Å². The molecule has 0 saturated heterocycles. The molecule has 3 rings (SSSR count). The van der Waals surface area contributed by atoms with Crippen molar-refractivity contribution in [3.8, 4) is 0 Å². The van der Waals surface area contributed by atoms with Gasteiger partial charge in [0.2, 0.25) is 0 Å². The smallest absolute Gasteiger partial charge is 0.169 e. The van der Waals surface area contributed by atoms with E-state index in [0.717, 1.165) is 33.7 Å². The van der Waals surface area contributed by atoms with Gasteiger partial charge < -0.3 is 4.52 Å². The van der Waals surface area contributed by atoms with E-state index in [2.05, 4.69) is 11.7 Å². The predicted octanol–water partition coefficient (Wildman–Crippen LogP) is 6.05. The van der Waals surface area contributed by atoms with Gasteiger partial charge in [-0.15, -0.1) is 0 Å². The molecule has 1 aliphatic rings. The molecule has 0 fully saturated rings. The van der Waals surface area contributed by atoms with Gasteiger partial charge in [-0.1, -0.05) is 81.1 Å². The standard InChI is InChI=1S/C25H28N2O2/c1-7-12-19-18(8-2)22-16(3)27-29-24(22)20(15-21(28)25(4,5)6)26-23(19)17-13-10-9-11-14-17/h7-14,20H,2,15H2,1,3-6H3/b12-7-/t20-/m0/s1. The van der Waals surface area contributed by atoms with Crippen LogP contribution in [0.5, 0.6) is 0 Å². The molecular weight excluding hydrogens is 360 g/mol. The zero-order valence-electron chi connectivity index (χ0n) is 17.8. The summed E-state index contributed by atoms with van der Waals surface area (Å²) in [4.78, 5) is 17.9. The zero-order valence-corrected chi connectivity index (χ0v) is 17.8. The topological polar surface area (TPSA) is 55.5 Å². The van der Waals surface area contributed by atoms with E-state index in [4.69, 9.17) is 9.52 Å². The lowest BCUT2D eigenvalue weighted by Crippen LogP contribution is -2.22. The number of hydrogen-bond donors (Lipinski definition) is 0. The number of aliphatic imine (C=N–C) groups is 1. The summed E-state index contributed by atoms with van der Waals surface area (Å²) in [6.07, 6.45) is 6.10. The Morgan fingerprint density at radius 2 is 1.90 bits per heavy atom. The molecule has 1 aromatic carbocycles. The first-order valence-electron chi connectivity index (χ1n) is 9.90. The molecule has 0 bridgehead atoms. The molecule has 0 radical (unpaired) electrons. The maximum absolute atomic E-state index is 12.9. The maximum atomic E-state index is 12.9. The quantitative estimate of drug-likeness (QED) is 0.627. The van der Waals surface area contributed by atoms with E-state index in [9.17, 15) is 4.79 Å². The first kappa shape index (κ1) is 20.7. The lowest BCUT2D eigenvalue weighted by atomic mass is 9.86. The van der Waals surface area contributed by atoms with Crippen LogP contribution >= 0.6 is 0 Å². The summed E-state index contributed by atoms with van der Waals surface area (Å²) < 4.78 is 5.72. The van der Waals surface area contributed by atoms with Crippen LogP contribution in [0.4, 0.5) is 0 Å². The highest BCUT2D eigenvalue weighted by Crippen LogP contribution is 2.40. The maximum Gasteiger partial charge on any atom is 0.169 e. The Balaban J connectivity index is 2.29. The Morgan fingerprint density at radius 3 is 2.48 bits per heavy atom. The third-order valence-corrected chi connectivity index (χ3v) is 5.09. The molecule has 0 unspecified atom stereocenters. The number of rotatable bonds is 5. The first-order chi connectivity index (χ1) is 13.8. The fourth-order valence-corrected chi connectivity index (χ4v) is 3.48. The zero-order chi connectivity index (χ0) is 21.2. The van der Waals surface area contributed by atoms with Gasteiger partial charge in [0, 0.05) is 23.0 Å². The number of allylic oxidation sites excluding steroid dienone is 5. The highest BCUT2D eigenvalue weighted by molar-refractivity contribution is 6.20. The Labute approximate surface area is 172 Å². The number of aryl methyl sites for hydroxylation is 1. The van der Waals surface area contributed by atoms with Crippen molar-refractivity contribution in [3.05, 3.63) is 83.3 Å². The van der Waals surface area contributed by atoms with E-state index < -0.39 is 11.5 Å². The molecule has 1 aliphatic heterocycles. The van der Waals surface area contributed by atoms with Gasteiger partial charge in [0.1, 0.15) is 11.8 Å². The Hall–Kier alpha value is -3.01. The third kappa shape index (κ3) is 4.07. The molecule has 4 heteroatoms. The minimum Gasteiger partial charge on any atom is -0.358 e. The fourth-order valence-electron chi connectivity index (χ4n) is 3.48. The number of fused-ring (bicyclic) bond motifs is 1. The molecule has 4 nitrogen and oxygen atoms in total. The summed E-state index contributed by atoms with van der Waals surface area (Å²) >= 11 is 0. The number of carbonyl (C=O) groups excluding carboxylic acids is 1. The van der Waals surface area contributed by atoms with Crippen molar-refractivity contribution in [2.75, 3.05) is 0 Å². The molecular formula is C25H28N2O2. The normalized spacial score (nSPS) is 17.1. The van der Waals surface area contributed by atoms with Crippen LogP contribution in [0.1, 0.15) is 62.7 Å². The number of Topliss-reactive ketones (excluding diaryl/α,β-unsaturated/α-hetero) is 1. The molecule has 0 saturated carbocycles. The highest BCUT2D eigenvalue weighted by atomic mass is 16.5. The van der Waals surface area contributed by atoms with Gasteiger partial charge in [-0.25, -0.2) is 0 Å². The van der Waals surface area contributed by atoms with E-state index in [-0.39, 0.29) is 12.2 Å². The minimum absolute atomic E-state index is 0.133. The Morgan fingerprint density at radius 1 is 1.21 bits per heavy atom. The van der Waals surface area contributed by atoms with E-state index in [0.29, 0.717) is 5.76 Å². The van der Waals surface area contributed by atoms with Crippen LogP contribution in [-0.2, 0) is 4.79 Å². The van der Waals surface area contributed by atoms with Gasteiger partial charge >= 0.3 is 0 Å². The van der Waals surface area contributed by atoms with Crippen molar-refractivity contribution < 1.29 is 9.32 Å². The van der Waals surface area contributed by atoms with Crippen molar-refractivity contribution in [1.29, 1.82) is 0 Å². The Bertz CT molecular complexity index is 1010.